The van der Waals surface area contributed by atoms with E-state index < -0.39 is 0 Å². The van der Waals surface area contributed by atoms with Gasteiger partial charge >= 0.3 is 0 Å². The lowest BCUT2D eigenvalue weighted by Gasteiger charge is -2.12. The topological polar surface area (TPSA) is 35.0 Å². The van der Waals surface area contributed by atoms with Crippen molar-refractivity contribution in [3.63, 3.8) is 0 Å². The molecule has 0 fully saturated rings. The summed E-state index contributed by atoms with van der Waals surface area (Å²) in [5.74, 6) is 1.38. The SMILES string of the molecule is Cc1ccnc(B2c3ccccc3-c3ccc(-c4cccc(Oc5cccc(C)n5)c4)cc32)c1. The molecule has 34 heavy (non-hydrogen) atoms. The van der Waals surface area contributed by atoms with Crippen molar-refractivity contribution in [2.45, 2.75) is 13.8 Å². The summed E-state index contributed by atoms with van der Waals surface area (Å²) in [6.45, 7) is 4.21. The maximum absolute atomic E-state index is 6.05. The van der Waals surface area contributed by atoms with Crippen molar-refractivity contribution in [1.82, 2.24) is 9.97 Å². The third kappa shape index (κ3) is 3.67. The molecule has 3 heterocycles. The molecule has 162 valence electrons. The highest BCUT2D eigenvalue weighted by molar-refractivity contribution is 6.98. The molecule has 0 amide bonds. The molecule has 3 nitrogen and oxygen atoms in total. The summed E-state index contributed by atoms with van der Waals surface area (Å²) in [7, 11) is 0. The van der Waals surface area contributed by atoms with Gasteiger partial charge in [0.05, 0.1) is 0 Å². The van der Waals surface area contributed by atoms with E-state index in [1.54, 1.807) is 0 Å². The van der Waals surface area contributed by atoms with Crippen molar-refractivity contribution in [3.8, 4) is 33.9 Å². The van der Waals surface area contributed by atoms with E-state index in [2.05, 4.69) is 78.6 Å². The van der Waals surface area contributed by atoms with Gasteiger partial charge in [-0.05, 0) is 72.0 Å². The highest BCUT2D eigenvalue weighted by Crippen LogP contribution is 2.30. The van der Waals surface area contributed by atoms with E-state index in [1.807, 2.05) is 43.5 Å². The van der Waals surface area contributed by atoms with Gasteiger partial charge in [-0.15, -0.1) is 0 Å². The molecule has 6 rings (SSSR count). The minimum atomic E-state index is 0.127. The van der Waals surface area contributed by atoms with Crippen LogP contribution in [0.4, 0.5) is 0 Å². The molecule has 0 atom stereocenters. The van der Waals surface area contributed by atoms with Gasteiger partial charge in [0.1, 0.15) is 5.75 Å². The molecule has 1 aliphatic rings. The summed E-state index contributed by atoms with van der Waals surface area (Å²) in [6, 6.07) is 33.7. The third-order valence-corrected chi connectivity index (χ3v) is 6.41. The van der Waals surface area contributed by atoms with Gasteiger partial charge in [0.2, 0.25) is 5.88 Å². The lowest BCUT2D eigenvalue weighted by atomic mass is 9.40. The van der Waals surface area contributed by atoms with E-state index in [9.17, 15) is 0 Å². The van der Waals surface area contributed by atoms with Gasteiger partial charge in [0, 0.05) is 23.6 Å². The Hall–Kier alpha value is -4.18. The minimum absolute atomic E-state index is 0.127. The van der Waals surface area contributed by atoms with Gasteiger partial charge < -0.3 is 4.74 Å². The monoisotopic (exact) mass is 438 g/mol. The first-order valence-corrected chi connectivity index (χ1v) is 11.5. The van der Waals surface area contributed by atoms with E-state index in [4.69, 9.17) is 9.72 Å². The Morgan fingerprint density at radius 2 is 1.50 bits per heavy atom. The van der Waals surface area contributed by atoms with Gasteiger partial charge in [-0.25, -0.2) is 4.98 Å². The molecular weight excluding hydrogens is 415 g/mol. The van der Waals surface area contributed by atoms with Crippen LogP contribution < -0.4 is 21.3 Å². The van der Waals surface area contributed by atoms with Gasteiger partial charge in [0.15, 0.2) is 0 Å². The van der Waals surface area contributed by atoms with Crippen molar-refractivity contribution in [2.75, 3.05) is 0 Å². The van der Waals surface area contributed by atoms with E-state index in [-0.39, 0.29) is 6.71 Å². The Morgan fingerprint density at radius 1 is 0.676 bits per heavy atom. The number of benzene rings is 3. The predicted octanol–water partition coefficient (Wildman–Crippen LogP) is 5.05. The van der Waals surface area contributed by atoms with Crippen LogP contribution in [-0.4, -0.2) is 16.7 Å². The maximum Gasteiger partial charge on any atom is 0.266 e. The number of pyridine rings is 2. The van der Waals surface area contributed by atoms with Crippen LogP contribution in [0.5, 0.6) is 11.6 Å². The second-order valence-electron chi connectivity index (χ2n) is 8.83. The molecule has 0 unspecified atom stereocenters. The lowest BCUT2D eigenvalue weighted by Crippen LogP contribution is -2.50. The van der Waals surface area contributed by atoms with Gasteiger partial charge in [0.25, 0.3) is 6.71 Å². The fourth-order valence-corrected chi connectivity index (χ4v) is 4.86. The van der Waals surface area contributed by atoms with Crippen LogP contribution in [0.3, 0.4) is 0 Å². The Bertz CT molecular complexity index is 1530. The normalized spacial score (nSPS) is 11.8. The van der Waals surface area contributed by atoms with Crippen molar-refractivity contribution >= 4 is 23.2 Å². The second kappa shape index (κ2) is 8.31. The van der Waals surface area contributed by atoms with Gasteiger partial charge in [-0.2, -0.15) is 0 Å². The largest absolute Gasteiger partial charge is 0.439 e. The molecule has 0 N–H and O–H groups in total. The fourth-order valence-electron chi connectivity index (χ4n) is 4.86. The predicted molar refractivity (Wildman–Crippen MR) is 140 cm³/mol. The average molecular weight is 438 g/mol. The molecule has 4 heteroatoms. The quantitative estimate of drug-likeness (QED) is 0.362. The number of aromatic nitrogens is 2. The molecule has 2 aromatic heterocycles. The van der Waals surface area contributed by atoms with Gasteiger partial charge in [-0.3, -0.25) is 4.98 Å². The number of fused-ring (bicyclic) bond motifs is 3. The Morgan fingerprint density at radius 3 is 2.38 bits per heavy atom. The summed E-state index contributed by atoms with van der Waals surface area (Å²) < 4.78 is 6.05. The van der Waals surface area contributed by atoms with E-state index in [1.165, 1.54) is 27.6 Å². The van der Waals surface area contributed by atoms with Crippen LogP contribution in [0.25, 0.3) is 22.3 Å². The highest BCUT2D eigenvalue weighted by Gasteiger charge is 2.34. The van der Waals surface area contributed by atoms with Crippen molar-refractivity contribution in [1.29, 1.82) is 0 Å². The van der Waals surface area contributed by atoms with E-state index >= 15 is 0 Å². The van der Waals surface area contributed by atoms with Crippen LogP contribution in [0.15, 0.2) is 103 Å². The summed E-state index contributed by atoms with van der Waals surface area (Å²) >= 11 is 0. The molecule has 0 saturated carbocycles. The molecule has 5 aromatic rings. The maximum atomic E-state index is 6.05. The third-order valence-electron chi connectivity index (χ3n) is 6.41. The summed E-state index contributed by atoms with van der Waals surface area (Å²) in [5.41, 5.74) is 10.7. The highest BCUT2D eigenvalue weighted by atomic mass is 16.5. The van der Waals surface area contributed by atoms with Crippen LogP contribution in [0.2, 0.25) is 0 Å². The number of nitrogens with zero attached hydrogens (tertiary/aromatic N) is 2. The van der Waals surface area contributed by atoms with Crippen molar-refractivity contribution in [3.05, 3.63) is 115 Å². The molecular formula is C30H23BN2O. The standard InChI is InChI=1S/C30H23BN2O/c1-20-15-16-32-29(17-20)31-27-11-4-3-10-25(27)26-14-13-23(19-28(26)31)22-8-6-9-24(18-22)34-30-12-5-7-21(2)33-30/h3-19H,1-2H3. The van der Waals surface area contributed by atoms with Crippen molar-refractivity contribution < 1.29 is 4.74 Å². The number of hydrogen-bond donors (Lipinski definition) is 0. The molecule has 0 spiro atoms. The Labute approximate surface area is 200 Å². The van der Waals surface area contributed by atoms with Crippen LogP contribution in [0.1, 0.15) is 11.3 Å². The first kappa shape index (κ1) is 20.4. The summed E-state index contributed by atoms with van der Waals surface area (Å²) in [4.78, 5) is 9.23. The Kier molecular flexibility index (Phi) is 4.99. The molecule has 3 aromatic carbocycles. The zero-order valence-corrected chi connectivity index (χ0v) is 19.2. The zero-order chi connectivity index (χ0) is 23.1. The second-order valence-corrected chi connectivity index (χ2v) is 8.83. The number of ether oxygens (including phenoxy) is 1. The Balaban J connectivity index is 1.42. The van der Waals surface area contributed by atoms with E-state index in [0.29, 0.717) is 5.88 Å². The zero-order valence-electron chi connectivity index (χ0n) is 19.2. The molecule has 0 aliphatic carbocycles. The van der Waals surface area contributed by atoms with E-state index in [0.717, 1.165) is 28.2 Å². The van der Waals surface area contributed by atoms with Crippen molar-refractivity contribution in [2.24, 2.45) is 0 Å². The number of hydrogen-bond acceptors (Lipinski definition) is 3. The molecule has 0 bridgehead atoms. The molecule has 0 saturated heterocycles. The average Bonchev–Trinajstić information content (AvgIpc) is 3.18. The first-order chi connectivity index (χ1) is 16.7. The molecule has 0 radical (unpaired) electrons. The minimum Gasteiger partial charge on any atom is -0.439 e. The lowest BCUT2D eigenvalue weighted by molar-refractivity contribution is 0.462. The van der Waals surface area contributed by atoms with Gasteiger partial charge in [-0.1, -0.05) is 71.6 Å². The van der Waals surface area contributed by atoms with Crippen LogP contribution >= 0.6 is 0 Å². The van der Waals surface area contributed by atoms with Crippen LogP contribution in [-0.2, 0) is 0 Å². The number of aryl methyl sites for hydroxylation is 2. The fraction of sp³-hybridized carbons (Fsp3) is 0.0667. The van der Waals surface area contributed by atoms with Crippen LogP contribution in [0, 0.1) is 13.8 Å². The smallest absolute Gasteiger partial charge is 0.266 e. The molecule has 1 aliphatic heterocycles. The summed E-state index contributed by atoms with van der Waals surface area (Å²) in [5, 5.41) is 0. The number of rotatable bonds is 4. The summed E-state index contributed by atoms with van der Waals surface area (Å²) in [6.07, 6.45) is 1.91. The first-order valence-electron chi connectivity index (χ1n) is 11.5.